The molecule has 9 heteroatoms. The molecule has 3 N–H and O–H groups in total. The highest BCUT2D eigenvalue weighted by molar-refractivity contribution is 7.90. The summed E-state index contributed by atoms with van der Waals surface area (Å²) in [5.74, 6) is -0.486. The summed E-state index contributed by atoms with van der Waals surface area (Å²) in [6.45, 7) is 1.83. The molecule has 2 unspecified atom stereocenters. The van der Waals surface area contributed by atoms with Crippen LogP contribution in [0.25, 0.3) is 0 Å². The van der Waals surface area contributed by atoms with E-state index in [2.05, 4.69) is 5.32 Å². The lowest BCUT2D eigenvalue weighted by molar-refractivity contribution is -0.122. The topological polar surface area (TPSA) is 89.3 Å². The Kier molecular flexibility index (Phi) is 9.47. The summed E-state index contributed by atoms with van der Waals surface area (Å²) in [5.41, 5.74) is 6.56. The molecule has 0 saturated heterocycles. The van der Waals surface area contributed by atoms with Gasteiger partial charge in [0.25, 0.3) is 0 Å². The maximum Gasteiger partial charge on any atom is 0.237 e. The van der Waals surface area contributed by atoms with E-state index in [0.29, 0.717) is 16.5 Å². The third-order valence-corrected chi connectivity index (χ3v) is 4.63. The van der Waals surface area contributed by atoms with Crippen molar-refractivity contribution in [2.45, 2.75) is 31.8 Å². The predicted octanol–water partition coefficient (Wildman–Crippen LogP) is 2.22. The first-order chi connectivity index (χ1) is 10.1. The summed E-state index contributed by atoms with van der Waals surface area (Å²) in [4.78, 5) is 11.9. The van der Waals surface area contributed by atoms with Gasteiger partial charge in [0.05, 0.1) is 11.8 Å². The zero-order valence-corrected chi connectivity index (χ0v) is 16.0. The van der Waals surface area contributed by atoms with E-state index in [0.717, 1.165) is 11.8 Å². The quantitative estimate of drug-likeness (QED) is 0.730. The number of halogens is 3. The number of amides is 1. The molecule has 1 aromatic carbocycles. The first-order valence-corrected chi connectivity index (χ1v) is 9.57. The molecular weight excluding hydrogens is 383 g/mol. The summed E-state index contributed by atoms with van der Waals surface area (Å²) in [6.07, 6.45) is 1.74. The van der Waals surface area contributed by atoms with E-state index < -0.39 is 15.9 Å². The van der Waals surface area contributed by atoms with Crippen molar-refractivity contribution in [3.05, 3.63) is 33.8 Å². The van der Waals surface area contributed by atoms with Gasteiger partial charge in [-0.1, -0.05) is 29.3 Å². The molecule has 1 amide bonds. The second-order valence-electron chi connectivity index (χ2n) is 5.37. The van der Waals surface area contributed by atoms with Crippen LogP contribution in [0.4, 0.5) is 0 Å². The second-order valence-corrected chi connectivity index (χ2v) is 8.48. The monoisotopic (exact) mass is 402 g/mol. The molecule has 1 rings (SSSR count). The van der Waals surface area contributed by atoms with Crippen molar-refractivity contribution in [1.29, 1.82) is 0 Å². The number of carbonyl (C=O) groups excluding carboxylic acids is 1. The van der Waals surface area contributed by atoms with Gasteiger partial charge in [-0.05, 0) is 37.5 Å². The number of hydrogen-bond donors (Lipinski definition) is 2. The van der Waals surface area contributed by atoms with Crippen molar-refractivity contribution in [3.8, 4) is 0 Å². The molecule has 23 heavy (non-hydrogen) atoms. The van der Waals surface area contributed by atoms with Crippen molar-refractivity contribution in [2.24, 2.45) is 5.73 Å². The highest BCUT2D eigenvalue weighted by Gasteiger charge is 2.18. The van der Waals surface area contributed by atoms with Crippen LogP contribution >= 0.6 is 35.6 Å². The van der Waals surface area contributed by atoms with Gasteiger partial charge in [-0.2, -0.15) is 0 Å². The highest BCUT2D eigenvalue weighted by Crippen LogP contribution is 2.22. The Morgan fingerprint density at radius 3 is 2.48 bits per heavy atom. The van der Waals surface area contributed by atoms with Gasteiger partial charge in [0, 0.05) is 22.3 Å². The maximum atomic E-state index is 11.9. The molecule has 0 radical (unpaired) electrons. The number of nitrogens with one attached hydrogen (secondary N) is 1. The van der Waals surface area contributed by atoms with Crippen LogP contribution in [0.1, 0.15) is 18.9 Å². The van der Waals surface area contributed by atoms with E-state index in [-0.39, 0.29) is 36.5 Å². The first kappa shape index (κ1) is 22.5. The van der Waals surface area contributed by atoms with Crippen LogP contribution < -0.4 is 11.1 Å². The third kappa shape index (κ3) is 8.77. The van der Waals surface area contributed by atoms with Gasteiger partial charge >= 0.3 is 0 Å². The lowest BCUT2D eigenvalue weighted by Gasteiger charge is -2.18. The average Bonchev–Trinajstić information content (AvgIpc) is 2.38. The first-order valence-electron chi connectivity index (χ1n) is 6.76. The van der Waals surface area contributed by atoms with Crippen LogP contribution in [-0.2, 0) is 21.1 Å². The van der Waals surface area contributed by atoms with Gasteiger partial charge in [-0.3, -0.25) is 4.79 Å². The number of nitrogens with two attached hydrogens (primary N) is 1. The van der Waals surface area contributed by atoms with E-state index in [1.54, 1.807) is 18.2 Å². The standard InChI is InChI=1S/C14H20Cl2N2O3S.ClH/c1-9(7-10-3-4-11(15)8-12(10)16)18-14(19)13(17)5-6-22(2,20)21;/h3-4,8-9,13H,5-7,17H2,1-2H3,(H,18,19);1H. The van der Waals surface area contributed by atoms with Crippen molar-refractivity contribution in [3.63, 3.8) is 0 Å². The molecule has 132 valence electrons. The van der Waals surface area contributed by atoms with Gasteiger partial charge in [-0.25, -0.2) is 8.42 Å². The number of sulfone groups is 1. The maximum absolute atomic E-state index is 11.9. The van der Waals surface area contributed by atoms with Crippen molar-refractivity contribution in [2.75, 3.05) is 12.0 Å². The smallest absolute Gasteiger partial charge is 0.237 e. The summed E-state index contributed by atoms with van der Waals surface area (Å²) in [6, 6.07) is 4.14. The molecule has 0 aliphatic heterocycles. The fourth-order valence-electron chi connectivity index (χ4n) is 1.89. The summed E-state index contributed by atoms with van der Waals surface area (Å²) in [7, 11) is -3.13. The zero-order chi connectivity index (χ0) is 16.9. The van der Waals surface area contributed by atoms with Crippen LogP contribution in [-0.4, -0.2) is 38.4 Å². The molecule has 0 aliphatic carbocycles. The molecule has 0 bridgehead atoms. The normalized spacial score (nSPS) is 13.8. The number of carbonyl (C=O) groups is 1. The molecular formula is C14H21Cl3N2O3S. The van der Waals surface area contributed by atoms with E-state index >= 15 is 0 Å². The van der Waals surface area contributed by atoms with Gasteiger partial charge in [0.1, 0.15) is 9.84 Å². The fraction of sp³-hybridized carbons (Fsp3) is 0.500. The Labute approximate surface area is 153 Å². The van der Waals surface area contributed by atoms with Crippen LogP contribution in [0, 0.1) is 0 Å². The molecule has 0 aromatic heterocycles. The Hall–Kier alpha value is -0.530. The summed E-state index contributed by atoms with van der Waals surface area (Å²) < 4.78 is 22.1. The largest absolute Gasteiger partial charge is 0.352 e. The van der Waals surface area contributed by atoms with E-state index in [4.69, 9.17) is 28.9 Å². The molecule has 0 aliphatic rings. The Balaban J connectivity index is 0.00000484. The zero-order valence-electron chi connectivity index (χ0n) is 12.9. The molecule has 2 atom stereocenters. The minimum atomic E-state index is -3.13. The van der Waals surface area contributed by atoms with E-state index in [9.17, 15) is 13.2 Å². The molecule has 5 nitrogen and oxygen atoms in total. The Morgan fingerprint density at radius 1 is 1.35 bits per heavy atom. The minimum Gasteiger partial charge on any atom is -0.352 e. The number of rotatable bonds is 7. The fourth-order valence-corrected chi connectivity index (χ4v) is 3.06. The van der Waals surface area contributed by atoms with Gasteiger partial charge in [0.2, 0.25) is 5.91 Å². The lowest BCUT2D eigenvalue weighted by Crippen LogP contribution is -2.45. The number of benzene rings is 1. The van der Waals surface area contributed by atoms with Crippen LogP contribution in [0.2, 0.25) is 10.0 Å². The predicted molar refractivity (Wildman–Crippen MR) is 97.3 cm³/mol. The Bertz CT molecular complexity index is 638. The minimum absolute atomic E-state index is 0. The molecule has 0 saturated carbocycles. The molecule has 1 aromatic rings. The van der Waals surface area contributed by atoms with Crippen molar-refractivity contribution < 1.29 is 13.2 Å². The van der Waals surface area contributed by atoms with E-state index in [1.165, 1.54) is 0 Å². The SMILES string of the molecule is CC(Cc1ccc(Cl)cc1Cl)NC(=O)C(N)CCS(C)(=O)=O.Cl. The van der Waals surface area contributed by atoms with Crippen LogP contribution in [0.5, 0.6) is 0 Å². The summed E-state index contributed by atoms with van der Waals surface area (Å²) in [5, 5.41) is 3.84. The Morgan fingerprint density at radius 2 is 1.96 bits per heavy atom. The summed E-state index contributed by atoms with van der Waals surface area (Å²) >= 11 is 11.9. The van der Waals surface area contributed by atoms with Gasteiger partial charge in [-0.15, -0.1) is 12.4 Å². The van der Waals surface area contributed by atoms with Crippen molar-refractivity contribution >= 4 is 51.4 Å². The van der Waals surface area contributed by atoms with Gasteiger partial charge in [0.15, 0.2) is 0 Å². The molecule has 0 heterocycles. The highest BCUT2D eigenvalue weighted by atomic mass is 35.5. The lowest BCUT2D eigenvalue weighted by atomic mass is 10.1. The number of hydrogen-bond acceptors (Lipinski definition) is 4. The molecule has 0 fully saturated rings. The average molecular weight is 404 g/mol. The molecule has 0 spiro atoms. The van der Waals surface area contributed by atoms with Gasteiger partial charge < -0.3 is 11.1 Å². The third-order valence-electron chi connectivity index (χ3n) is 3.07. The van der Waals surface area contributed by atoms with Crippen LogP contribution in [0.3, 0.4) is 0 Å². The van der Waals surface area contributed by atoms with Crippen molar-refractivity contribution in [1.82, 2.24) is 5.32 Å². The second kappa shape index (κ2) is 9.69. The van der Waals surface area contributed by atoms with Crippen LogP contribution in [0.15, 0.2) is 18.2 Å². The van der Waals surface area contributed by atoms with E-state index in [1.807, 2.05) is 6.92 Å².